The van der Waals surface area contributed by atoms with Crippen molar-refractivity contribution in [3.8, 4) is 0 Å². The van der Waals surface area contributed by atoms with Gasteiger partial charge in [-0.2, -0.15) is 0 Å². The number of hydrogen-bond donors (Lipinski definition) is 1. The largest absolute Gasteiger partial charge is 0.352 e. The van der Waals surface area contributed by atoms with Crippen LogP contribution in [-0.4, -0.2) is 54.0 Å². The van der Waals surface area contributed by atoms with E-state index in [1.165, 1.54) is 17.0 Å². The topological polar surface area (TPSA) is 104 Å². The van der Waals surface area contributed by atoms with Crippen molar-refractivity contribution in [1.29, 1.82) is 0 Å². The van der Waals surface area contributed by atoms with Gasteiger partial charge in [0.15, 0.2) is 0 Å². The molecule has 1 fully saturated rings. The van der Waals surface area contributed by atoms with Crippen LogP contribution < -0.4 is 5.32 Å². The number of amides is 3. The Kier molecular flexibility index (Phi) is 7.25. The Hall–Kier alpha value is -3.20. The third kappa shape index (κ3) is 5.24. The first-order chi connectivity index (χ1) is 16.7. The van der Waals surface area contributed by atoms with Gasteiger partial charge in [0, 0.05) is 25.6 Å². The molecule has 2 aromatic rings. The summed E-state index contributed by atoms with van der Waals surface area (Å²) in [6.07, 6.45) is 3.80. The van der Waals surface area contributed by atoms with E-state index >= 15 is 0 Å². The van der Waals surface area contributed by atoms with Gasteiger partial charge in [-0.3, -0.25) is 14.4 Å². The van der Waals surface area contributed by atoms with Crippen LogP contribution in [0.3, 0.4) is 0 Å². The highest BCUT2D eigenvalue weighted by molar-refractivity contribution is 7.90. The normalized spacial score (nSPS) is 17.8. The van der Waals surface area contributed by atoms with Gasteiger partial charge in [-0.1, -0.05) is 54.8 Å². The quantitative estimate of drug-likeness (QED) is 0.604. The highest BCUT2D eigenvalue weighted by Gasteiger charge is 2.41. The van der Waals surface area contributed by atoms with E-state index in [1.807, 2.05) is 31.2 Å². The summed E-state index contributed by atoms with van der Waals surface area (Å²) in [5.41, 5.74) is 2.05. The maximum atomic E-state index is 13.4. The number of nitrogens with zero attached hydrogens (tertiary/aromatic N) is 2. The van der Waals surface area contributed by atoms with Gasteiger partial charge in [0.1, 0.15) is 10.9 Å². The lowest BCUT2D eigenvalue weighted by atomic mass is 10.1. The summed E-state index contributed by atoms with van der Waals surface area (Å²) in [4.78, 5) is 40.5. The minimum absolute atomic E-state index is 0.0433. The molecule has 0 radical (unpaired) electrons. The van der Waals surface area contributed by atoms with Crippen LogP contribution in [0.4, 0.5) is 0 Å². The van der Waals surface area contributed by atoms with Crippen LogP contribution in [0.15, 0.2) is 53.4 Å². The minimum Gasteiger partial charge on any atom is -0.352 e. The molecule has 1 atom stereocenters. The summed E-state index contributed by atoms with van der Waals surface area (Å²) in [7, 11) is -4.00. The van der Waals surface area contributed by atoms with Crippen molar-refractivity contribution in [3.05, 3.63) is 65.2 Å². The van der Waals surface area contributed by atoms with Gasteiger partial charge in [0.2, 0.25) is 11.8 Å². The number of carbonyl (C=O) groups excluding carboxylic acids is 3. The Bertz CT molecular complexity index is 1220. The summed E-state index contributed by atoms with van der Waals surface area (Å²) in [5, 5.41) is 3.04. The SMILES string of the molecule is Cc1ccc(CN(C(=O)CCN2C(=O)c3ccccc3S2(=O)=O)[C@@H](C)C(=O)NC2CCCC2)cc1. The van der Waals surface area contributed by atoms with Crippen molar-refractivity contribution >= 4 is 27.7 Å². The zero-order valence-electron chi connectivity index (χ0n) is 20.1. The van der Waals surface area contributed by atoms with E-state index in [-0.39, 0.29) is 41.9 Å². The lowest BCUT2D eigenvalue weighted by molar-refractivity contribution is -0.140. The predicted octanol–water partition coefficient (Wildman–Crippen LogP) is 3.01. The smallest absolute Gasteiger partial charge is 0.269 e. The first-order valence-corrected chi connectivity index (χ1v) is 13.4. The lowest BCUT2D eigenvalue weighted by Crippen LogP contribution is -2.50. The van der Waals surface area contributed by atoms with Gasteiger partial charge < -0.3 is 10.2 Å². The molecule has 35 heavy (non-hydrogen) atoms. The number of nitrogens with one attached hydrogen (secondary N) is 1. The van der Waals surface area contributed by atoms with Crippen LogP contribution in [0.5, 0.6) is 0 Å². The molecule has 0 unspecified atom stereocenters. The van der Waals surface area contributed by atoms with Crippen LogP contribution in [0.1, 0.15) is 60.5 Å². The molecule has 0 bridgehead atoms. The highest BCUT2D eigenvalue weighted by atomic mass is 32.2. The molecule has 9 heteroatoms. The molecule has 186 valence electrons. The van der Waals surface area contributed by atoms with Crippen molar-refractivity contribution in [2.45, 2.75) is 69.5 Å². The molecule has 8 nitrogen and oxygen atoms in total. The van der Waals surface area contributed by atoms with Gasteiger partial charge in [0.25, 0.3) is 15.9 Å². The Morgan fingerprint density at radius 1 is 1.09 bits per heavy atom. The zero-order valence-corrected chi connectivity index (χ0v) is 20.9. The third-order valence-corrected chi connectivity index (χ3v) is 8.62. The highest BCUT2D eigenvalue weighted by Crippen LogP contribution is 2.30. The van der Waals surface area contributed by atoms with Crippen molar-refractivity contribution in [2.24, 2.45) is 0 Å². The molecule has 1 saturated carbocycles. The maximum absolute atomic E-state index is 13.4. The van der Waals surface area contributed by atoms with Crippen molar-refractivity contribution in [1.82, 2.24) is 14.5 Å². The fourth-order valence-electron chi connectivity index (χ4n) is 4.66. The molecule has 1 aliphatic heterocycles. The number of hydrogen-bond acceptors (Lipinski definition) is 5. The second-order valence-electron chi connectivity index (χ2n) is 9.30. The molecule has 2 aromatic carbocycles. The number of sulfonamides is 1. The van der Waals surface area contributed by atoms with Crippen molar-refractivity contribution in [2.75, 3.05) is 6.54 Å². The Labute approximate surface area is 206 Å². The number of carbonyl (C=O) groups is 3. The predicted molar refractivity (Wildman–Crippen MR) is 131 cm³/mol. The molecule has 1 N–H and O–H groups in total. The fraction of sp³-hybridized carbons (Fsp3) is 0.423. The van der Waals surface area contributed by atoms with Crippen LogP contribution >= 0.6 is 0 Å². The van der Waals surface area contributed by atoms with Gasteiger partial charge in [-0.15, -0.1) is 0 Å². The average molecular weight is 498 g/mol. The second-order valence-corrected chi connectivity index (χ2v) is 11.1. The van der Waals surface area contributed by atoms with Crippen LogP contribution in [-0.2, 0) is 26.2 Å². The van der Waals surface area contributed by atoms with E-state index in [1.54, 1.807) is 19.1 Å². The molecule has 0 aromatic heterocycles. The van der Waals surface area contributed by atoms with E-state index in [0.717, 1.165) is 41.1 Å². The molecule has 4 rings (SSSR count). The van der Waals surface area contributed by atoms with E-state index in [4.69, 9.17) is 0 Å². The first-order valence-electron chi connectivity index (χ1n) is 12.0. The molecule has 0 spiro atoms. The molecular weight excluding hydrogens is 466 g/mol. The summed E-state index contributed by atoms with van der Waals surface area (Å²) >= 11 is 0. The Morgan fingerprint density at radius 3 is 2.40 bits per heavy atom. The number of fused-ring (bicyclic) bond motifs is 1. The average Bonchev–Trinajstić information content (AvgIpc) is 3.42. The van der Waals surface area contributed by atoms with Crippen LogP contribution in [0.2, 0.25) is 0 Å². The molecular formula is C26H31N3O5S. The number of rotatable bonds is 8. The van der Waals surface area contributed by atoms with E-state index in [9.17, 15) is 22.8 Å². The molecule has 1 aliphatic carbocycles. The molecule has 3 amide bonds. The monoisotopic (exact) mass is 497 g/mol. The summed E-state index contributed by atoms with van der Waals surface area (Å²) in [5.74, 6) is -1.25. The third-order valence-electron chi connectivity index (χ3n) is 6.78. The maximum Gasteiger partial charge on any atom is 0.269 e. The standard InChI is InChI=1S/C26H31N3O5S/c1-18-11-13-20(14-12-18)17-28(19(2)25(31)27-21-7-3-4-8-21)24(30)15-16-29-26(32)22-9-5-6-10-23(22)35(29,33)34/h5-6,9-14,19,21H,3-4,7-8,15-17H2,1-2H3,(H,27,31)/t19-/m0/s1. The van der Waals surface area contributed by atoms with E-state index in [2.05, 4.69) is 5.32 Å². The second kappa shape index (κ2) is 10.2. The summed E-state index contributed by atoms with van der Waals surface area (Å²) < 4.78 is 26.5. The van der Waals surface area contributed by atoms with Crippen molar-refractivity contribution in [3.63, 3.8) is 0 Å². The number of aryl methyl sites for hydroxylation is 1. The lowest BCUT2D eigenvalue weighted by Gasteiger charge is -2.30. The summed E-state index contributed by atoms with van der Waals surface area (Å²) in [6.45, 7) is 3.58. The molecule has 1 heterocycles. The van der Waals surface area contributed by atoms with Crippen LogP contribution in [0.25, 0.3) is 0 Å². The minimum atomic E-state index is -4.00. The van der Waals surface area contributed by atoms with Gasteiger partial charge in [-0.05, 0) is 44.4 Å². The molecule has 0 saturated heterocycles. The van der Waals surface area contributed by atoms with E-state index < -0.39 is 27.9 Å². The first kappa shape index (κ1) is 24.9. The van der Waals surface area contributed by atoms with E-state index in [0.29, 0.717) is 0 Å². The fourth-order valence-corrected chi connectivity index (χ4v) is 6.23. The Balaban J connectivity index is 1.50. The zero-order chi connectivity index (χ0) is 25.2. The van der Waals surface area contributed by atoms with Gasteiger partial charge >= 0.3 is 0 Å². The molecule has 2 aliphatic rings. The summed E-state index contributed by atoms with van der Waals surface area (Å²) in [6, 6.07) is 13.1. The Morgan fingerprint density at radius 2 is 1.74 bits per heavy atom. The van der Waals surface area contributed by atoms with Crippen LogP contribution in [0, 0.1) is 6.92 Å². The van der Waals surface area contributed by atoms with Gasteiger partial charge in [0.05, 0.1) is 5.56 Å². The number of benzene rings is 2. The van der Waals surface area contributed by atoms with Crippen molar-refractivity contribution < 1.29 is 22.8 Å². The van der Waals surface area contributed by atoms with Gasteiger partial charge in [-0.25, -0.2) is 12.7 Å².